The Balaban J connectivity index is 0.00000341. The van der Waals surface area contributed by atoms with Gasteiger partial charge in [0.15, 0.2) is 5.96 Å². The number of hydrogen-bond acceptors (Lipinski definition) is 5. The molecule has 0 aromatic heterocycles. The Morgan fingerprint density at radius 3 is 2.71 bits per heavy atom. The molecule has 9 nitrogen and oxygen atoms in total. The van der Waals surface area contributed by atoms with Gasteiger partial charge in [0, 0.05) is 44.2 Å². The van der Waals surface area contributed by atoms with E-state index in [1.165, 1.54) is 18.9 Å². The smallest absolute Gasteiger partial charge is 0.292 e. The number of nitro benzene ring substituents is 1. The van der Waals surface area contributed by atoms with E-state index >= 15 is 0 Å². The summed E-state index contributed by atoms with van der Waals surface area (Å²) in [7, 11) is 0. The highest BCUT2D eigenvalue weighted by Gasteiger charge is 2.32. The molecule has 0 spiro atoms. The summed E-state index contributed by atoms with van der Waals surface area (Å²) < 4.78 is 0. The molecule has 0 radical (unpaired) electrons. The molecule has 1 aromatic carbocycles. The maximum atomic E-state index is 12.6. The Hall–Kier alpha value is -2.11. The summed E-state index contributed by atoms with van der Waals surface area (Å²) in [6, 6.07) is 6.78. The van der Waals surface area contributed by atoms with Crippen LogP contribution in [0.25, 0.3) is 0 Å². The molecule has 10 heteroatoms. The Labute approximate surface area is 200 Å². The molecule has 1 saturated heterocycles. The van der Waals surface area contributed by atoms with Crippen molar-refractivity contribution >= 4 is 47.2 Å². The molecule has 3 rings (SSSR count). The van der Waals surface area contributed by atoms with E-state index < -0.39 is 4.92 Å². The van der Waals surface area contributed by atoms with Gasteiger partial charge in [0.1, 0.15) is 5.69 Å². The van der Waals surface area contributed by atoms with E-state index in [1.54, 1.807) is 18.2 Å². The Morgan fingerprint density at radius 2 is 2.00 bits per heavy atom. The normalized spacial score (nSPS) is 19.1. The fourth-order valence-electron chi connectivity index (χ4n) is 4.16. The SMILES string of the molecule is CCNC(=NCCNc1ccccc1[N+](=O)[O-])NC1CCN(C(=O)C2CCCC2)C1.I. The molecule has 1 heterocycles. The molecule has 3 N–H and O–H groups in total. The van der Waals surface area contributed by atoms with Crippen LogP contribution in [-0.2, 0) is 4.79 Å². The average molecular weight is 544 g/mol. The number of carbonyl (C=O) groups excluding carboxylic acids is 1. The van der Waals surface area contributed by atoms with Crippen LogP contribution in [0.3, 0.4) is 0 Å². The quantitative estimate of drug-likeness (QED) is 0.116. The summed E-state index contributed by atoms with van der Waals surface area (Å²) in [5, 5.41) is 20.8. The topological polar surface area (TPSA) is 112 Å². The van der Waals surface area contributed by atoms with Gasteiger partial charge in [-0.15, -0.1) is 24.0 Å². The monoisotopic (exact) mass is 544 g/mol. The number of para-hydroxylation sites is 2. The van der Waals surface area contributed by atoms with Gasteiger partial charge in [-0.25, -0.2) is 0 Å². The number of nitrogens with one attached hydrogen (secondary N) is 3. The van der Waals surface area contributed by atoms with Crippen molar-refractivity contribution in [2.24, 2.45) is 10.9 Å². The summed E-state index contributed by atoms with van der Waals surface area (Å²) in [4.78, 5) is 29.9. The summed E-state index contributed by atoms with van der Waals surface area (Å²) in [6.45, 7) is 5.21. The van der Waals surface area contributed by atoms with Crippen molar-refractivity contribution < 1.29 is 9.72 Å². The van der Waals surface area contributed by atoms with Crippen LogP contribution in [0.5, 0.6) is 0 Å². The third kappa shape index (κ3) is 7.22. The maximum Gasteiger partial charge on any atom is 0.292 e. The number of hydrogen-bond donors (Lipinski definition) is 3. The van der Waals surface area contributed by atoms with E-state index in [-0.39, 0.29) is 41.6 Å². The highest BCUT2D eigenvalue weighted by atomic mass is 127. The molecular weight excluding hydrogens is 511 g/mol. The number of rotatable bonds is 8. The fraction of sp³-hybridized carbons (Fsp3) is 0.619. The van der Waals surface area contributed by atoms with E-state index in [9.17, 15) is 14.9 Å². The molecule has 31 heavy (non-hydrogen) atoms. The summed E-state index contributed by atoms with van der Waals surface area (Å²) >= 11 is 0. The molecule has 1 atom stereocenters. The van der Waals surface area contributed by atoms with Gasteiger partial charge >= 0.3 is 0 Å². The first-order valence-corrected chi connectivity index (χ1v) is 10.9. The lowest BCUT2D eigenvalue weighted by Gasteiger charge is -2.21. The minimum Gasteiger partial charge on any atom is -0.378 e. The molecule has 1 aliphatic heterocycles. The number of halogens is 1. The van der Waals surface area contributed by atoms with Crippen molar-refractivity contribution in [3.63, 3.8) is 0 Å². The van der Waals surface area contributed by atoms with E-state index in [4.69, 9.17) is 0 Å². The predicted molar refractivity (Wildman–Crippen MR) is 133 cm³/mol. The van der Waals surface area contributed by atoms with Crippen molar-refractivity contribution in [1.29, 1.82) is 0 Å². The van der Waals surface area contributed by atoms with Gasteiger partial charge in [0.2, 0.25) is 5.91 Å². The van der Waals surface area contributed by atoms with Gasteiger partial charge in [0.25, 0.3) is 5.69 Å². The van der Waals surface area contributed by atoms with Gasteiger partial charge < -0.3 is 20.9 Å². The first-order chi connectivity index (χ1) is 14.6. The predicted octanol–water partition coefficient (Wildman–Crippen LogP) is 2.97. The lowest BCUT2D eigenvalue weighted by atomic mass is 10.1. The zero-order valence-corrected chi connectivity index (χ0v) is 20.3. The van der Waals surface area contributed by atoms with Crippen LogP contribution in [0.4, 0.5) is 11.4 Å². The molecule has 172 valence electrons. The van der Waals surface area contributed by atoms with Gasteiger partial charge in [0.05, 0.1) is 11.5 Å². The molecule has 2 aliphatic rings. The number of nitrogens with zero attached hydrogens (tertiary/aromatic N) is 3. The average Bonchev–Trinajstić information content (AvgIpc) is 3.43. The molecule has 1 aliphatic carbocycles. The third-order valence-corrected chi connectivity index (χ3v) is 5.69. The van der Waals surface area contributed by atoms with Crippen LogP contribution in [0.1, 0.15) is 39.0 Å². The number of guanidine groups is 1. The third-order valence-electron chi connectivity index (χ3n) is 5.69. The van der Waals surface area contributed by atoms with E-state index in [0.29, 0.717) is 37.2 Å². The van der Waals surface area contributed by atoms with Crippen LogP contribution in [0, 0.1) is 16.0 Å². The van der Waals surface area contributed by atoms with Crippen molar-refractivity contribution in [3.05, 3.63) is 34.4 Å². The van der Waals surface area contributed by atoms with Gasteiger partial charge in [-0.2, -0.15) is 0 Å². The van der Waals surface area contributed by atoms with E-state index in [2.05, 4.69) is 20.9 Å². The van der Waals surface area contributed by atoms with Crippen molar-refractivity contribution in [1.82, 2.24) is 15.5 Å². The molecule has 2 fully saturated rings. The second kappa shape index (κ2) is 12.7. The first kappa shape index (κ1) is 25.2. The number of likely N-dealkylation sites (tertiary alicyclic amines) is 1. The molecule has 0 bridgehead atoms. The van der Waals surface area contributed by atoms with Crippen LogP contribution < -0.4 is 16.0 Å². The van der Waals surface area contributed by atoms with Gasteiger partial charge in [-0.1, -0.05) is 25.0 Å². The van der Waals surface area contributed by atoms with E-state index in [1.807, 2.05) is 11.8 Å². The largest absolute Gasteiger partial charge is 0.378 e. The van der Waals surface area contributed by atoms with Crippen LogP contribution >= 0.6 is 24.0 Å². The zero-order valence-electron chi connectivity index (χ0n) is 18.0. The Kier molecular flexibility index (Phi) is 10.3. The fourth-order valence-corrected chi connectivity index (χ4v) is 4.16. The molecular formula is C21H33IN6O3. The minimum atomic E-state index is -0.393. The lowest BCUT2D eigenvalue weighted by Crippen LogP contribution is -2.45. The number of anilines is 1. The van der Waals surface area contributed by atoms with Crippen molar-refractivity contribution in [2.75, 3.05) is 38.0 Å². The molecule has 1 unspecified atom stereocenters. The highest BCUT2D eigenvalue weighted by Crippen LogP contribution is 2.28. The number of aliphatic imine (C=N–C) groups is 1. The van der Waals surface area contributed by atoms with Gasteiger partial charge in [-0.3, -0.25) is 19.9 Å². The summed E-state index contributed by atoms with van der Waals surface area (Å²) in [5.41, 5.74) is 0.553. The molecule has 1 aromatic rings. The first-order valence-electron chi connectivity index (χ1n) is 10.9. The van der Waals surface area contributed by atoms with Crippen LogP contribution in [0.2, 0.25) is 0 Å². The van der Waals surface area contributed by atoms with Crippen molar-refractivity contribution in [3.8, 4) is 0 Å². The molecule has 1 amide bonds. The Bertz CT molecular complexity index is 769. The number of carbonyl (C=O) groups is 1. The minimum absolute atomic E-state index is 0. The number of nitro groups is 1. The zero-order chi connectivity index (χ0) is 21.3. The summed E-state index contributed by atoms with van der Waals surface area (Å²) in [5.74, 6) is 1.24. The second-order valence-electron chi connectivity index (χ2n) is 7.86. The number of benzene rings is 1. The van der Waals surface area contributed by atoms with Crippen LogP contribution in [0.15, 0.2) is 29.3 Å². The van der Waals surface area contributed by atoms with Crippen molar-refractivity contribution in [2.45, 2.75) is 45.1 Å². The van der Waals surface area contributed by atoms with E-state index in [0.717, 1.165) is 32.4 Å². The summed E-state index contributed by atoms with van der Waals surface area (Å²) in [6.07, 6.45) is 5.32. The Morgan fingerprint density at radius 1 is 1.26 bits per heavy atom. The highest BCUT2D eigenvalue weighted by molar-refractivity contribution is 14.0. The number of amides is 1. The standard InChI is InChI=1S/C21H32N6O3.HI/c1-2-22-21(24-13-12-23-18-9-5-6-10-19(18)27(29)30)25-17-11-14-26(15-17)20(28)16-7-3-4-8-16;/h5-6,9-10,16-17,23H,2-4,7-8,11-15H2,1H3,(H2,22,24,25);1H. The lowest BCUT2D eigenvalue weighted by molar-refractivity contribution is -0.384. The van der Waals surface area contributed by atoms with Crippen LogP contribution in [-0.4, -0.2) is 60.5 Å². The van der Waals surface area contributed by atoms with Gasteiger partial charge in [-0.05, 0) is 32.3 Å². The second-order valence-corrected chi connectivity index (χ2v) is 7.86. The molecule has 1 saturated carbocycles. The maximum absolute atomic E-state index is 12.6.